The van der Waals surface area contributed by atoms with Crippen molar-refractivity contribution in [3.05, 3.63) is 172 Å². The van der Waals surface area contributed by atoms with Crippen LogP contribution >= 0.6 is 0 Å². The van der Waals surface area contributed by atoms with Crippen molar-refractivity contribution in [2.24, 2.45) is 11.8 Å². The number of benzene rings is 4. The van der Waals surface area contributed by atoms with Crippen LogP contribution in [0.3, 0.4) is 0 Å². The minimum atomic E-state index is -4.39. The number of nitrogens with one attached hydrogen (secondary N) is 3. The van der Waals surface area contributed by atoms with Crippen molar-refractivity contribution in [1.29, 1.82) is 0 Å². The van der Waals surface area contributed by atoms with Crippen LogP contribution in [0, 0.1) is 11.8 Å². The van der Waals surface area contributed by atoms with E-state index < -0.39 is 112 Å². The van der Waals surface area contributed by atoms with Crippen LogP contribution in [0.2, 0.25) is 0 Å². The Hall–Kier alpha value is -9.96. The molecule has 3 atom stereocenters. The molecule has 30 nitrogen and oxygen atoms in total. The molecule has 2 heterocycles. The highest BCUT2D eigenvalue weighted by Gasteiger charge is 2.44. The number of hydrogen-bond acceptors (Lipinski definition) is 22. The average molecular weight is 1560 g/mol. The zero-order valence-electron chi connectivity index (χ0n) is 59.5. The molecule has 7 N–H and O–H groups in total. The van der Waals surface area contributed by atoms with Gasteiger partial charge in [0.15, 0.2) is 5.71 Å². The van der Waals surface area contributed by atoms with Crippen LogP contribution in [0.4, 0.5) is 16.2 Å². The number of nitrogens with zero attached hydrogens (tertiary/aromatic N) is 2. The maximum absolute atomic E-state index is 13.7. The van der Waals surface area contributed by atoms with Gasteiger partial charge in [-0.3, -0.25) is 28.5 Å². The molecule has 4 aromatic rings. The van der Waals surface area contributed by atoms with Crippen molar-refractivity contribution in [2.45, 2.75) is 154 Å². The summed E-state index contributed by atoms with van der Waals surface area (Å²) in [6.45, 7) is 9.59. The number of Topliss-reactive ketones (excluding diaryl/α,β-unsaturated/α-hetero) is 2. The van der Waals surface area contributed by atoms with Crippen molar-refractivity contribution in [3.8, 4) is 5.75 Å². The third kappa shape index (κ3) is 31.2. The van der Waals surface area contributed by atoms with E-state index in [-0.39, 0.29) is 108 Å². The molecule has 0 spiro atoms. The molecule has 3 amide bonds. The van der Waals surface area contributed by atoms with Crippen molar-refractivity contribution in [1.82, 2.24) is 16.0 Å². The number of para-hydroxylation sites is 2. The summed E-state index contributed by atoms with van der Waals surface area (Å²) in [4.78, 5) is 107. The first kappa shape index (κ1) is 89.4. The van der Waals surface area contributed by atoms with E-state index in [1.54, 1.807) is 54.6 Å². The molecule has 580 valence electrons. The van der Waals surface area contributed by atoms with Gasteiger partial charge in [0.25, 0.3) is 10.1 Å². The van der Waals surface area contributed by atoms with Gasteiger partial charge in [0.2, 0.25) is 11.6 Å². The summed E-state index contributed by atoms with van der Waals surface area (Å²) in [6, 6.07) is 29.9. The van der Waals surface area contributed by atoms with Crippen molar-refractivity contribution in [2.75, 3.05) is 42.6 Å². The summed E-state index contributed by atoms with van der Waals surface area (Å²) in [6.07, 6.45) is 11.3. The Bertz CT molecular complexity index is 4450. The highest BCUT2D eigenvalue weighted by atomic mass is 32.2. The van der Waals surface area contributed by atoms with Crippen LogP contribution in [0.1, 0.15) is 146 Å². The van der Waals surface area contributed by atoms with Crippen LogP contribution in [0.15, 0.2) is 150 Å². The topological polar surface area (TPSA) is 480 Å². The van der Waals surface area contributed by atoms with E-state index in [0.717, 1.165) is 57.0 Å². The van der Waals surface area contributed by atoms with Gasteiger partial charge in [-0.15, -0.1) is 25.3 Å². The number of carboxylic acid groups (broad SMARTS) is 3. The molecule has 107 heavy (non-hydrogen) atoms. The summed E-state index contributed by atoms with van der Waals surface area (Å²) in [5.74, 6) is -6.44. The van der Waals surface area contributed by atoms with Crippen molar-refractivity contribution in [3.63, 3.8) is 0 Å². The van der Waals surface area contributed by atoms with E-state index in [1.807, 2.05) is 36.4 Å². The fourth-order valence-electron chi connectivity index (χ4n) is 12.7. The number of amides is 3. The number of fused-ring (bicyclic) bond motifs is 2. The average Bonchev–Trinajstić information content (AvgIpc) is 1.60. The minimum absolute atomic E-state index is 0.00481. The van der Waals surface area contributed by atoms with Crippen LogP contribution in [0.5, 0.6) is 5.75 Å². The molecule has 0 radical (unpaired) electrons. The third-order valence-electron chi connectivity index (χ3n) is 17.7. The number of ether oxygens (including phenoxy) is 1. The number of carboxylic acids is 3. The molecule has 1 aliphatic carbocycles. The smallest absolute Gasteiger partial charge is 0.425 e. The van der Waals surface area contributed by atoms with Gasteiger partial charge in [-0.2, -0.15) is 22.6 Å². The Morgan fingerprint density at radius 3 is 1.82 bits per heavy atom. The number of rotatable bonds is 38. The maximum Gasteiger partial charge on any atom is 0.425 e. The van der Waals surface area contributed by atoms with Crippen LogP contribution in [-0.2, 0) is 103 Å². The Morgan fingerprint density at radius 1 is 0.645 bits per heavy atom. The van der Waals surface area contributed by atoms with Crippen molar-refractivity contribution >= 4 is 106 Å². The number of ketones is 2. The number of aliphatic carboxylic acids is 3. The third-order valence-corrected chi connectivity index (χ3v) is 19.3. The predicted octanol–water partition coefficient (Wildman–Crippen LogP) is 7.46. The van der Waals surface area contributed by atoms with E-state index in [1.165, 1.54) is 0 Å². The Morgan fingerprint density at radius 2 is 1.21 bits per heavy atom. The summed E-state index contributed by atoms with van der Waals surface area (Å²) >= 11 is 0. The van der Waals surface area contributed by atoms with E-state index in [0.29, 0.717) is 55.8 Å². The number of urea groups is 1. The van der Waals surface area contributed by atoms with Gasteiger partial charge in [-0.1, -0.05) is 98.8 Å². The fourth-order valence-corrected chi connectivity index (χ4v) is 13.8. The molecule has 0 aromatic heterocycles. The summed E-state index contributed by atoms with van der Waals surface area (Å²) in [7, 11) is -14.7. The Labute approximate surface area is 623 Å². The molecule has 0 bridgehead atoms. The molecule has 0 unspecified atom stereocenters. The molecule has 0 saturated heterocycles. The lowest BCUT2D eigenvalue weighted by Crippen LogP contribution is -2.46. The highest BCUT2D eigenvalue weighted by Crippen LogP contribution is 2.48. The van der Waals surface area contributed by atoms with Gasteiger partial charge < -0.3 is 45.5 Å². The molecule has 3 aliphatic rings. The van der Waals surface area contributed by atoms with Crippen molar-refractivity contribution < 1.29 is 119 Å². The molecule has 0 fully saturated rings. The van der Waals surface area contributed by atoms with Gasteiger partial charge in [0, 0.05) is 104 Å². The van der Waals surface area contributed by atoms with E-state index in [9.17, 15) is 69.7 Å². The molecule has 34 heteroatoms. The number of unbranched alkanes of at least 4 members (excludes halogenated alkanes) is 2. The first-order valence-electron chi connectivity index (χ1n) is 34.1. The number of carbonyl (C=O) groups is 7. The zero-order valence-corrected chi connectivity index (χ0v) is 62.8. The standard InChI is InChI=1S/C72H89N5O17S2.CO2.2O3S/c1-71(2)58-24-8-10-26-61(58)76(41-12-14-43-95(88,89)90)63(71)37-31-51-21-16-22-52(32-38-64-72(3,4)59-25-9-11-27-62(59)77(64)42-13-15-44-96(91,92)93)66(51)94-57-34-29-50(30-35-57)46-54(68(83)84)48-55(78)23-17-39-73-67(82)53(45-49-19-6-5-7-20-49)47-56(79)33-36-60(69(85)86)75-70(87)74-40-18-28-65(80)81;2-1-3;2*1-4(2)3/h5-11,19-20,24-27,29-32,34-35,37-38,53-54,60H,12-18,21-23,28,33,36,39-48H2,1-4H3,(H7-,73,74,75,80,81,82,83,84,85,86,87,88,89,90,91,92,93);;;/t53-,54-,60+;;;/m1.../s1. The second-order valence-corrected chi connectivity index (χ2v) is 30.2. The molecule has 2 aliphatic heterocycles. The molecule has 0 saturated carbocycles. The molecular weight excluding hydrogens is 1480 g/mol. The van der Waals surface area contributed by atoms with Gasteiger partial charge in [-0.05, 0) is 143 Å². The SMILES string of the molecule is CC1(C)C(=CC=C2CCCC(C=CC3=[N+](CCCCS(=O)(=O)O)c4ccccc4C3(C)C)=C2Oc2ccc(C[C@H](CC(=O)CCCNC(=O)[C@@H](CC(=O)CC[C@H](NC(=O)NCCCC(=O)O)C(=O)O)Cc3ccccc3)C(=O)O)cc2)N(CCCCS(=O)(=O)[O-])c2ccccc21.O=C=O.O=S(=O)=O.O=S(=O)=O. The van der Waals surface area contributed by atoms with Crippen LogP contribution in [-0.4, -0.2) is 168 Å². The highest BCUT2D eigenvalue weighted by molar-refractivity contribution is 7.85. The normalized spacial score (nSPS) is 15.6. The van der Waals surface area contributed by atoms with Gasteiger partial charge in [0.05, 0.1) is 27.2 Å². The van der Waals surface area contributed by atoms with Gasteiger partial charge >= 0.3 is 51.3 Å². The predicted molar refractivity (Wildman–Crippen MR) is 387 cm³/mol. The fraction of sp³-hybridized carbons (Fsp3) is 0.438. The largest absolute Gasteiger partial charge is 0.748 e. The number of hydrogen-bond donors (Lipinski definition) is 7. The second kappa shape index (κ2) is 43.6. The minimum Gasteiger partial charge on any atom is -0.748 e. The lowest BCUT2D eigenvalue weighted by atomic mass is 9.81. The van der Waals surface area contributed by atoms with E-state index >= 15 is 0 Å². The lowest BCUT2D eigenvalue weighted by Gasteiger charge is -2.28. The first-order chi connectivity index (χ1) is 50.4. The molecule has 7 rings (SSSR count). The lowest BCUT2D eigenvalue weighted by molar-refractivity contribution is -0.438. The Balaban J connectivity index is 0.00000206. The summed E-state index contributed by atoms with van der Waals surface area (Å²) in [5, 5.41) is 36.4. The van der Waals surface area contributed by atoms with Gasteiger partial charge in [0.1, 0.15) is 35.7 Å². The molecular formula is C73H89N5O25S4. The number of anilines is 1. The summed E-state index contributed by atoms with van der Waals surface area (Å²) < 4.78 is 127. The second-order valence-electron chi connectivity index (χ2n) is 26.3. The van der Waals surface area contributed by atoms with Crippen LogP contribution in [0.25, 0.3) is 0 Å². The zero-order chi connectivity index (χ0) is 79.7. The number of carbonyl (C=O) groups excluding carboxylic acids is 6. The van der Waals surface area contributed by atoms with Crippen LogP contribution < -0.4 is 25.6 Å². The maximum atomic E-state index is 13.7. The monoisotopic (exact) mass is 1560 g/mol. The quantitative estimate of drug-likeness (QED) is 0.0130. The number of allylic oxidation sites excluding steroid dienone is 7. The summed E-state index contributed by atoms with van der Waals surface area (Å²) in [5.41, 5.74) is 8.47. The molecule has 4 aromatic carbocycles. The van der Waals surface area contributed by atoms with Gasteiger partial charge in [-0.25, -0.2) is 18.0 Å². The van der Waals surface area contributed by atoms with E-state index in [2.05, 4.69) is 89.6 Å². The Kier molecular flexibility index (Phi) is 36.5. The van der Waals surface area contributed by atoms with E-state index in [4.69, 9.17) is 44.7 Å². The first-order valence-corrected chi connectivity index (χ1v) is 39.3.